The molecule has 0 saturated heterocycles. The third kappa shape index (κ3) is 8.17. The van der Waals surface area contributed by atoms with Gasteiger partial charge in [0.25, 0.3) is 0 Å². The fourth-order valence-electron chi connectivity index (χ4n) is 2.77. The Kier molecular flexibility index (Phi) is 10.2. The van der Waals surface area contributed by atoms with E-state index in [-0.39, 0.29) is 6.04 Å². The van der Waals surface area contributed by atoms with Crippen molar-refractivity contribution in [1.29, 1.82) is 0 Å². The molecule has 0 radical (unpaired) electrons. The van der Waals surface area contributed by atoms with Crippen LogP contribution in [0.2, 0.25) is 0 Å². The molecule has 0 bridgehead atoms. The van der Waals surface area contributed by atoms with Gasteiger partial charge in [-0.25, -0.2) is 0 Å². The number of nitrogens with one attached hydrogen (secondary N) is 1. The second-order valence-electron chi connectivity index (χ2n) is 6.06. The molecule has 1 atom stereocenters. The van der Waals surface area contributed by atoms with Gasteiger partial charge >= 0.3 is 6.18 Å². The maximum Gasteiger partial charge on any atom is 0.416 e. The van der Waals surface area contributed by atoms with Crippen molar-refractivity contribution in [3.8, 4) is 0 Å². The highest BCUT2D eigenvalue weighted by molar-refractivity contribution is 5.77. The normalized spacial score (nSPS) is 13.8. The molecule has 8 heteroatoms. The quantitative estimate of drug-likeness (QED) is 0.346. The number of rotatable bonds is 11. The number of benzene rings is 1. The summed E-state index contributed by atoms with van der Waals surface area (Å²) in [6, 6.07) is 5.14. The zero-order chi connectivity index (χ0) is 20.3. The highest BCUT2D eigenvalue weighted by atomic mass is 19.4. The molecular weight excluding hydrogens is 357 g/mol. The van der Waals surface area contributed by atoms with Crippen LogP contribution in [-0.4, -0.2) is 50.3 Å². The average Bonchev–Trinajstić information content (AvgIpc) is 2.64. The van der Waals surface area contributed by atoms with Crippen LogP contribution in [0, 0.1) is 0 Å². The Morgan fingerprint density at radius 3 is 2.33 bits per heavy atom. The molecule has 3 N–H and O–H groups in total. The fraction of sp³-hybridized carbons (Fsp3) is 0.632. The number of ether oxygens (including phenoxy) is 1. The van der Waals surface area contributed by atoms with E-state index in [2.05, 4.69) is 15.2 Å². The number of halogens is 3. The van der Waals surface area contributed by atoms with E-state index in [0.717, 1.165) is 37.2 Å². The summed E-state index contributed by atoms with van der Waals surface area (Å²) in [6.07, 6.45) is -3.51. The lowest BCUT2D eigenvalue weighted by Gasteiger charge is -2.29. The first-order valence-electron chi connectivity index (χ1n) is 9.36. The van der Waals surface area contributed by atoms with Crippen LogP contribution in [0.5, 0.6) is 0 Å². The lowest BCUT2D eigenvalue weighted by molar-refractivity contribution is -0.137. The molecular formula is C19H31F3N4O. The molecule has 0 fully saturated rings. The SMILES string of the molecule is CCOCCCNC(N)=NCC(c1ccc(C(F)(F)F)cc1)N(CC)CC. The van der Waals surface area contributed by atoms with Crippen molar-refractivity contribution < 1.29 is 17.9 Å². The molecule has 5 nitrogen and oxygen atoms in total. The zero-order valence-corrected chi connectivity index (χ0v) is 16.4. The highest BCUT2D eigenvalue weighted by Gasteiger charge is 2.30. The Hall–Kier alpha value is -1.80. The molecule has 0 aromatic heterocycles. The molecule has 1 aromatic carbocycles. The van der Waals surface area contributed by atoms with E-state index in [9.17, 15) is 13.2 Å². The second-order valence-corrected chi connectivity index (χ2v) is 6.06. The monoisotopic (exact) mass is 388 g/mol. The Morgan fingerprint density at radius 2 is 1.81 bits per heavy atom. The summed E-state index contributed by atoms with van der Waals surface area (Å²) in [6.45, 7) is 9.87. The number of nitrogens with two attached hydrogens (primary N) is 1. The van der Waals surface area contributed by atoms with Crippen LogP contribution in [0.4, 0.5) is 13.2 Å². The van der Waals surface area contributed by atoms with Crippen LogP contribution < -0.4 is 11.1 Å². The molecule has 0 aliphatic carbocycles. The summed E-state index contributed by atoms with van der Waals surface area (Å²) >= 11 is 0. The molecule has 27 heavy (non-hydrogen) atoms. The van der Waals surface area contributed by atoms with Crippen LogP contribution >= 0.6 is 0 Å². The predicted octanol–water partition coefficient (Wildman–Crippen LogP) is 3.42. The number of alkyl halides is 3. The number of guanidine groups is 1. The van der Waals surface area contributed by atoms with Gasteiger partial charge in [-0.3, -0.25) is 9.89 Å². The van der Waals surface area contributed by atoms with Gasteiger partial charge in [0.1, 0.15) is 0 Å². The van der Waals surface area contributed by atoms with E-state index in [1.807, 2.05) is 20.8 Å². The Labute approximate surface area is 159 Å². The summed E-state index contributed by atoms with van der Waals surface area (Å²) in [5.41, 5.74) is 6.05. The molecule has 0 saturated carbocycles. The van der Waals surface area contributed by atoms with Gasteiger partial charge in [0.05, 0.1) is 18.2 Å². The topological polar surface area (TPSA) is 62.9 Å². The van der Waals surface area contributed by atoms with Gasteiger partial charge in [0.2, 0.25) is 0 Å². The van der Waals surface area contributed by atoms with Crippen molar-refractivity contribution in [2.75, 3.05) is 39.4 Å². The highest BCUT2D eigenvalue weighted by Crippen LogP contribution is 2.31. The number of likely N-dealkylation sites (N-methyl/N-ethyl adjacent to an activating group) is 1. The maximum absolute atomic E-state index is 12.8. The molecule has 0 spiro atoms. The number of hydrogen-bond donors (Lipinski definition) is 2. The van der Waals surface area contributed by atoms with E-state index in [1.54, 1.807) is 0 Å². The molecule has 1 unspecified atom stereocenters. The first-order valence-corrected chi connectivity index (χ1v) is 9.36. The second kappa shape index (κ2) is 11.8. The molecule has 0 amide bonds. The van der Waals surface area contributed by atoms with Crippen molar-refractivity contribution in [2.45, 2.75) is 39.4 Å². The number of aliphatic imine (C=N–C) groups is 1. The van der Waals surface area contributed by atoms with Crippen molar-refractivity contribution in [3.05, 3.63) is 35.4 Å². The van der Waals surface area contributed by atoms with Crippen molar-refractivity contribution in [1.82, 2.24) is 10.2 Å². The van der Waals surface area contributed by atoms with Gasteiger partial charge in [0.15, 0.2) is 5.96 Å². The molecule has 1 aromatic rings. The largest absolute Gasteiger partial charge is 0.416 e. The van der Waals surface area contributed by atoms with Crippen molar-refractivity contribution in [3.63, 3.8) is 0 Å². The minimum Gasteiger partial charge on any atom is -0.382 e. The molecule has 154 valence electrons. The van der Waals surface area contributed by atoms with Gasteiger partial charge in [0, 0.05) is 19.8 Å². The summed E-state index contributed by atoms with van der Waals surface area (Å²) in [5, 5.41) is 3.03. The van der Waals surface area contributed by atoms with Crippen LogP contribution in [0.25, 0.3) is 0 Å². The molecule has 0 heterocycles. The Balaban J connectivity index is 2.79. The lowest BCUT2D eigenvalue weighted by atomic mass is 10.0. The molecule has 0 aliphatic rings. The Bertz CT molecular complexity index is 557. The first kappa shape index (κ1) is 23.2. The van der Waals surface area contributed by atoms with Crippen LogP contribution in [-0.2, 0) is 10.9 Å². The summed E-state index contributed by atoms with van der Waals surface area (Å²) in [4.78, 5) is 6.53. The average molecular weight is 388 g/mol. The maximum atomic E-state index is 12.8. The summed E-state index contributed by atoms with van der Waals surface area (Å²) < 4.78 is 43.6. The zero-order valence-electron chi connectivity index (χ0n) is 16.4. The smallest absolute Gasteiger partial charge is 0.382 e. The van der Waals surface area contributed by atoms with E-state index in [4.69, 9.17) is 10.5 Å². The van der Waals surface area contributed by atoms with Crippen molar-refractivity contribution >= 4 is 5.96 Å². The molecule has 0 aliphatic heterocycles. The third-order valence-electron chi connectivity index (χ3n) is 4.29. The van der Waals surface area contributed by atoms with E-state index in [0.29, 0.717) is 32.3 Å². The first-order chi connectivity index (χ1) is 12.8. The van der Waals surface area contributed by atoms with Crippen molar-refractivity contribution in [2.24, 2.45) is 10.7 Å². The van der Waals surface area contributed by atoms with Crippen LogP contribution in [0.3, 0.4) is 0 Å². The Morgan fingerprint density at radius 1 is 1.19 bits per heavy atom. The van der Waals surface area contributed by atoms with Gasteiger partial charge in [-0.15, -0.1) is 0 Å². The third-order valence-corrected chi connectivity index (χ3v) is 4.29. The lowest BCUT2D eigenvalue weighted by Crippen LogP contribution is -2.35. The van der Waals surface area contributed by atoms with Crippen LogP contribution in [0.1, 0.15) is 44.4 Å². The van der Waals surface area contributed by atoms with Gasteiger partial charge in [-0.1, -0.05) is 26.0 Å². The van der Waals surface area contributed by atoms with Gasteiger partial charge < -0.3 is 15.8 Å². The number of nitrogens with zero attached hydrogens (tertiary/aromatic N) is 2. The van der Waals surface area contributed by atoms with E-state index < -0.39 is 11.7 Å². The summed E-state index contributed by atoms with van der Waals surface area (Å²) in [5.74, 6) is 0.329. The number of hydrogen-bond acceptors (Lipinski definition) is 3. The molecule has 1 rings (SSSR count). The van der Waals surface area contributed by atoms with Crippen LogP contribution in [0.15, 0.2) is 29.3 Å². The summed E-state index contributed by atoms with van der Waals surface area (Å²) in [7, 11) is 0. The van der Waals surface area contributed by atoms with E-state index in [1.165, 1.54) is 12.1 Å². The predicted molar refractivity (Wildman–Crippen MR) is 103 cm³/mol. The standard InChI is InChI=1S/C19H31F3N4O/c1-4-26(5-2)17(14-25-18(23)24-12-7-13-27-6-3)15-8-10-16(11-9-15)19(20,21)22/h8-11,17H,4-7,12-14H2,1-3H3,(H3,23,24,25). The minimum absolute atomic E-state index is 0.133. The minimum atomic E-state index is -4.34. The van der Waals surface area contributed by atoms with Gasteiger partial charge in [-0.05, 0) is 44.1 Å². The van der Waals surface area contributed by atoms with Gasteiger partial charge in [-0.2, -0.15) is 13.2 Å². The van der Waals surface area contributed by atoms with E-state index >= 15 is 0 Å². The fourth-order valence-corrected chi connectivity index (χ4v) is 2.77.